The van der Waals surface area contributed by atoms with Crippen molar-refractivity contribution in [2.75, 3.05) is 6.54 Å². The quantitative estimate of drug-likeness (QED) is 0.758. The zero-order valence-electron chi connectivity index (χ0n) is 15.1. The molecular formula is C20H23N5O. The van der Waals surface area contributed by atoms with Crippen molar-refractivity contribution in [1.82, 2.24) is 25.2 Å². The number of nitrogens with zero attached hydrogens (tertiary/aromatic N) is 3. The summed E-state index contributed by atoms with van der Waals surface area (Å²) >= 11 is 0. The van der Waals surface area contributed by atoms with Crippen LogP contribution in [0.2, 0.25) is 0 Å². The Morgan fingerprint density at radius 2 is 2.19 bits per heavy atom. The summed E-state index contributed by atoms with van der Waals surface area (Å²) < 4.78 is 1.92. The van der Waals surface area contributed by atoms with Gasteiger partial charge in [-0.2, -0.15) is 0 Å². The largest absolute Gasteiger partial charge is 0.350 e. The molecule has 0 aliphatic carbocycles. The second-order valence-electron chi connectivity index (χ2n) is 6.79. The first-order chi connectivity index (χ1) is 12.6. The van der Waals surface area contributed by atoms with E-state index in [1.807, 2.05) is 48.9 Å². The zero-order chi connectivity index (χ0) is 18.1. The highest BCUT2D eigenvalue weighted by Gasteiger charge is 2.19. The first-order valence-electron chi connectivity index (χ1n) is 9.01. The predicted molar refractivity (Wildman–Crippen MR) is 101 cm³/mol. The summed E-state index contributed by atoms with van der Waals surface area (Å²) in [4.78, 5) is 21.6. The van der Waals surface area contributed by atoms with Crippen molar-refractivity contribution in [3.05, 3.63) is 59.2 Å². The molecule has 1 amide bonds. The van der Waals surface area contributed by atoms with Crippen molar-refractivity contribution in [3.63, 3.8) is 0 Å². The number of fused-ring (bicyclic) bond motifs is 2. The molecule has 4 rings (SSSR count). The summed E-state index contributed by atoms with van der Waals surface area (Å²) in [6.45, 7) is 6.24. The molecule has 0 bridgehead atoms. The third-order valence-corrected chi connectivity index (χ3v) is 5.19. The summed E-state index contributed by atoms with van der Waals surface area (Å²) in [7, 11) is 0. The fourth-order valence-corrected chi connectivity index (χ4v) is 3.61. The molecular weight excluding hydrogens is 326 g/mol. The first-order valence-corrected chi connectivity index (χ1v) is 9.01. The van der Waals surface area contributed by atoms with Crippen LogP contribution in [0.5, 0.6) is 0 Å². The number of aromatic nitrogens is 3. The third-order valence-electron chi connectivity index (χ3n) is 5.19. The Bertz CT molecular complexity index is 962. The van der Waals surface area contributed by atoms with E-state index in [0.29, 0.717) is 6.54 Å². The minimum atomic E-state index is -0.322. The van der Waals surface area contributed by atoms with E-state index in [1.54, 1.807) is 6.33 Å². The van der Waals surface area contributed by atoms with Gasteiger partial charge in [-0.25, -0.2) is 4.98 Å². The monoisotopic (exact) mass is 349 g/mol. The van der Waals surface area contributed by atoms with E-state index < -0.39 is 0 Å². The molecule has 134 valence electrons. The summed E-state index contributed by atoms with van der Waals surface area (Å²) in [5.74, 6) is -0.0147. The molecule has 3 heterocycles. The third kappa shape index (κ3) is 2.97. The Morgan fingerprint density at radius 3 is 3.08 bits per heavy atom. The number of rotatable bonds is 4. The first kappa shape index (κ1) is 16.7. The van der Waals surface area contributed by atoms with Crippen LogP contribution in [0, 0.1) is 6.92 Å². The fourth-order valence-electron chi connectivity index (χ4n) is 3.61. The number of hydrogen-bond donors (Lipinski definition) is 2. The van der Waals surface area contributed by atoms with Crippen LogP contribution >= 0.6 is 0 Å². The molecule has 6 nitrogen and oxygen atoms in total. The molecule has 0 saturated heterocycles. The van der Waals surface area contributed by atoms with E-state index in [1.165, 1.54) is 11.1 Å². The Hall–Kier alpha value is -2.73. The molecule has 0 spiro atoms. The molecule has 1 aliphatic rings. The molecule has 2 N–H and O–H groups in total. The maximum Gasteiger partial charge on any atom is 0.243 e. The van der Waals surface area contributed by atoms with Crippen LogP contribution in [0.15, 0.2) is 36.8 Å². The van der Waals surface area contributed by atoms with E-state index in [2.05, 4.69) is 20.6 Å². The number of pyridine rings is 1. The summed E-state index contributed by atoms with van der Waals surface area (Å²) in [5, 5.41) is 6.46. The highest BCUT2D eigenvalue weighted by molar-refractivity contribution is 5.83. The van der Waals surface area contributed by atoms with E-state index in [9.17, 15) is 4.79 Å². The second kappa shape index (κ2) is 6.88. The lowest BCUT2D eigenvalue weighted by Crippen LogP contribution is -2.32. The number of carbonyl (C=O) groups excluding carboxylic acids is 1. The van der Waals surface area contributed by atoms with Crippen LogP contribution in [-0.2, 0) is 24.3 Å². The van der Waals surface area contributed by atoms with Gasteiger partial charge in [-0.05, 0) is 55.6 Å². The molecule has 6 heteroatoms. The molecule has 0 radical (unpaired) electrons. The normalized spacial score (nSPS) is 14.8. The fraction of sp³-hybridized carbons (Fsp3) is 0.350. The van der Waals surface area contributed by atoms with E-state index >= 15 is 0 Å². The molecule has 1 atom stereocenters. The Morgan fingerprint density at radius 1 is 1.35 bits per heavy atom. The van der Waals surface area contributed by atoms with Gasteiger partial charge in [0.15, 0.2) is 0 Å². The number of aryl methyl sites for hydroxylation is 1. The minimum absolute atomic E-state index is 0.0147. The molecule has 0 saturated carbocycles. The van der Waals surface area contributed by atoms with Crippen LogP contribution in [0.1, 0.15) is 35.3 Å². The summed E-state index contributed by atoms with van der Waals surface area (Å²) in [6, 6.07) is 7.53. The lowest BCUT2D eigenvalue weighted by atomic mass is 9.96. The molecule has 2 aromatic heterocycles. The standard InChI is InChI=1S/C20H23N5O/c1-13-17(16-7-8-21-9-15(16)10-22-13)11-23-20(26)14(2)25-12-24-18-5-3-4-6-19(18)25/h3-6,10,12,14,21H,7-9,11H2,1-2H3,(H,23,26). The van der Waals surface area contributed by atoms with Gasteiger partial charge in [-0.3, -0.25) is 9.78 Å². The second-order valence-corrected chi connectivity index (χ2v) is 6.79. The number of hydrogen-bond acceptors (Lipinski definition) is 4. The van der Waals surface area contributed by atoms with Gasteiger partial charge in [0.25, 0.3) is 0 Å². The Kier molecular flexibility index (Phi) is 4.42. The maximum atomic E-state index is 12.7. The summed E-state index contributed by atoms with van der Waals surface area (Å²) in [6.07, 6.45) is 4.66. The molecule has 1 aliphatic heterocycles. The molecule has 26 heavy (non-hydrogen) atoms. The van der Waals surface area contributed by atoms with Crippen LogP contribution in [0.3, 0.4) is 0 Å². The van der Waals surface area contributed by atoms with Gasteiger partial charge in [0, 0.05) is 25.0 Å². The highest BCUT2D eigenvalue weighted by Crippen LogP contribution is 2.21. The topological polar surface area (TPSA) is 71.8 Å². The minimum Gasteiger partial charge on any atom is -0.350 e. The van der Waals surface area contributed by atoms with Gasteiger partial charge in [0.2, 0.25) is 5.91 Å². The van der Waals surface area contributed by atoms with Crippen LogP contribution < -0.4 is 10.6 Å². The Labute approximate surface area is 152 Å². The molecule has 1 unspecified atom stereocenters. The van der Waals surface area contributed by atoms with Crippen molar-refractivity contribution in [2.24, 2.45) is 0 Å². The smallest absolute Gasteiger partial charge is 0.243 e. The number of nitrogens with one attached hydrogen (secondary N) is 2. The SMILES string of the molecule is Cc1ncc2c(c1CNC(=O)C(C)n1cnc3ccccc31)CCNC2. The van der Waals surface area contributed by atoms with E-state index in [0.717, 1.165) is 41.8 Å². The summed E-state index contributed by atoms with van der Waals surface area (Å²) in [5.41, 5.74) is 6.58. The molecule has 0 fully saturated rings. The zero-order valence-corrected chi connectivity index (χ0v) is 15.1. The number of amides is 1. The molecule has 3 aromatic rings. The van der Waals surface area contributed by atoms with Gasteiger partial charge in [-0.1, -0.05) is 12.1 Å². The number of para-hydroxylation sites is 2. The van der Waals surface area contributed by atoms with Crippen molar-refractivity contribution in [1.29, 1.82) is 0 Å². The van der Waals surface area contributed by atoms with Crippen molar-refractivity contribution >= 4 is 16.9 Å². The van der Waals surface area contributed by atoms with E-state index in [4.69, 9.17) is 0 Å². The van der Waals surface area contributed by atoms with Crippen LogP contribution in [-0.4, -0.2) is 27.0 Å². The van der Waals surface area contributed by atoms with Gasteiger partial charge in [-0.15, -0.1) is 0 Å². The van der Waals surface area contributed by atoms with Crippen LogP contribution in [0.4, 0.5) is 0 Å². The van der Waals surface area contributed by atoms with Gasteiger partial charge in [0.1, 0.15) is 6.04 Å². The van der Waals surface area contributed by atoms with Crippen LogP contribution in [0.25, 0.3) is 11.0 Å². The maximum absolute atomic E-state index is 12.7. The predicted octanol–water partition coefficient (Wildman–Crippen LogP) is 2.26. The van der Waals surface area contributed by atoms with Gasteiger partial charge >= 0.3 is 0 Å². The van der Waals surface area contributed by atoms with Crippen molar-refractivity contribution < 1.29 is 4.79 Å². The lowest BCUT2D eigenvalue weighted by Gasteiger charge is -2.22. The molecule has 1 aromatic carbocycles. The van der Waals surface area contributed by atoms with E-state index in [-0.39, 0.29) is 11.9 Å². The van der Waals surface area contributed by atoms with Gasteiger partial charge < -0.3 is 15.2 Å². The number of imidazole rings is 1. The number of carbonyl (C=O) groups is 1. The average molecular weight is 349 g/mol. The highest BCUT2D eigenvalue weighted by atomic mass is 16.2. The van der Waals surface area contributed by atoms with Gasteiger partial charge in [0.05, 0.1) is 17.4 Å². The Balaban J connectivity index is 1.52. The van der Waals surface area contributed by atoms with Crippen molar-refractivity contribution in [3.8, 4) is 0 Å². The lowest BCUT2D eigenvalue weighted by molar-refractivity contribution is -0.123. The number of benzene rings is 1. The van der Waals surface area contributed by atoms with Crippen molar-refractivity contribution in [2.45, 2.75) is 39.4 Å². The average Bonchev–Trinajstić information content (AvgIpc) is 3.10.